The average molecular weight is 1140 g/mol. The average Bonchev–Trinajstić information content (AvgIpc) is 1.64. The van der Waals surface area contributed by atoms with Gasteiger partial charge in [0.25, 0.3) is 0 Å². The lowest BCUT2D eigenvalue weighted by atomic mass is 9.44. The summed E-state index contributed by atoms with van der Waals surface area (Å²) in [5.74, 6) is 9.53. The van der Waals surface area contributed by atoms with Gasteiger partial charge in [0.15, 0.2) is 0 Å². The first-order chi connectivity index (χ1) is 41.5. The molecule has 11 nitrogen and oxygen atoms in total. The number of phenolic OH excluding ortho intramolecular Hbond substituents is 1. The van der Waals surface area contributed by atoms with E-state index in [4.69, 9.17) is 9.47 Å². The van der Waals surface area contributed by atoms with E-state index < -0.39 is 11.5 Å². The molecular weight excluding hydrogens is 1050 g/mol. The van der Waals surface area contributed by atoms with Crippen LogP contribution in [0.15, 0.2) is 125 Å². The zero-order valence-corrected chi connectivity index (χ0v) is 50.2. The maximum atomic E-state index is 15.4. The Bertz CT molecular complexity index is 3460. The zero-order chi connectivity index (χ0) is 58.0. The molecule has 4 aromatic carbocycles. The van der Waals surface area contributed by atoms with Crippen LogP contribution in [-0.4, -0.2) is 67.1 Å². The van der Waals surface area contributed by atoms with E-state index in [1.165, 1.54) is 41.5 Å². The summed E-state index contributed by atoms with van der Waals surface area (Å²) in [4.78, 5) is 30.7. The van der Waals surface area contributed by atoms with Crippen molar-refractivity contribution in [3.8, 4) is 28.7 Å². The van der Waals surface area contributed by atoms with E-state index in [9.17, 15) is 10.2 Å². The summed E-state index contributed by atoms with van der Waals surface area (Å²) in [6.07, 6.45) is 20.3. The quantitative estimate of drug-likeness (QED) is 0.0633. The van der Waals surface area contributed by atoms with Crippen molar-refractivity contribution in [2.24, 2.45) is 52.3 Å². The molecule has 6 aliphatic heterocycles. The number of carbonyl (C=O) groups excluding carboxylic acids is 2. The van der Waals surface area contributed by atoms with Crippen LogP contribution >= 0.6 is 0 Å². The number of phenols is 1. The first kappa shape index (κ1) is 56.7. The third kappa shape index (κ3) is 10.5. The third-order valence-corrected chi connectivity index (χ3v) is 22.5. The molecule has 7 N–H and O–H groups in total. The molecule has 5 fully saturated rings. The summed E-state index contributed by atoms with van der Waals surface area (Å²) >= 11 is 0. The Labute approximate surface area is 503 Å². The Kier molecular flexibility index (Phi) is 15.7. The molecule has 16 rings (SSSR count). The molecule has 13 unspecified atom stereocenters. The Morgan fingerprint density at radius 3 is 2.59 bits per heavy atom. The van der Waals surface area contributed by atoms with Crippen LogP contribution in [0.3, 0.4) is 0 Å². The summed E-state index contributed by atoms with van der Waals surface area (Å²) in [6, 6.07) is 30.4. The van der Waals surface area contributed by atoms with Crippen molar-refractivity contribution in [1.82, 2.24) is 26.6 Å². The van der Waals surface area contributed by atoms with E-state index in [-0.39, 0.29) is 64.9 Å². The van der Waals surface area contributed by atoms with Crippen molar-refractivity contribution in [2.75, 3.05) is 26.7 Å². The number of benzene rings is 4. The Morgan fingerprint density at radius 1 is 0.847 bits per heavy atom. The number of aromatic hydroxyl groups is 1. The van der Waals surface area contributed by atoms with Crippen LogP contribution in [-0.2, 0) is 45.0 Å². The number of hydrogen-bond donors (Lipinski definition) is 7. The summed E-state index contributed by atoms with van der Waals surface area (Å²) in [5.41, 5.74) is 12.6. The Morgan fingerprint density at radius 2 is 1.73 bits per heavy atom. The lowest BCUT2D eigenvalue weighted by Crippen LogP contribution is -2.52. The fourth-order valence-electron chi connectivity index (χ4n) is 18.5. The molecule has 2 saturated heterocycles. The summed E-state index contributed by atoms with van der Waals surface area (Å²) < 4.78 is 13.5. The zero-order valence-electron chi connectivity index (χ0n) is 50.2. The standard InChI is InChI=1S/C74H87N5O6/c1-4-45(32-46-10-6-5-7-11-46)35-64-74-29-23-59-60-20-21-61-63(84-71(82)67(61)68(60)74)24-28-73(54-26-31-77-65(38-54)75-3)27-22-51(40-73)70(79-41-44(2)80)52-36-50(57-15-9-12-47-16-17-55(34-47)78-43-53(57)37-52)25-30-76-42-48-13-8-14-49(33-48)58-19-18-56(81)39-62(58)66(59)69(74)72(83)85-64/h5-8,10-11,13-14,18-19,24,33,35-37,39,44-45,47,51,54-55,59-60,65,68,70,75-81H,4,12,16-17,20-23,25-32,34,38,40-43H2,1-3H3. The second kappa shape index (κ2) is 23.5. The number of nitrogens with one attached hydrogen (secondary N) is 5. The fourth-order valence-corrected chi connectivity index (χ4v) is 18.5. The number of carbonyl (C=O) groups is 2. The van der Waals surface area contributed by atoms with Crippen LogP contribution in [0.25, 0.3) is 16.7 Å². The van der Waals surface area contributed by atoms with E-state index >= 15 is 9.59 Å². The van der Waals surface area contributed by atoms with Crippen molar-refractivity contribution in [1.29, 1.82) is 0 Å². The molecule has 85 heavy (non-hydrogen) atoms. The monoisotopic (exact) mass is 1140 g/mol. The molecule has 16 bridgehead atoms. The largest absolute Gasteiger partial charge is 0.508 e. The van der Waals surface area contributed by atoms with Gasteiger partial charge in [-0.05, 0) is 251 Å². The topological polar surface area (TPSA) is 153 Å². The molecule has 444 valence electrons. The minimum atomic E-state index is -0.898. The van der Waals surface area contributed by atoms with Gasteiger partial charge in [-0.15, -0.1) is 0 Å². The normalized spacial score (nSPS) is 32.5. The maximum Gasteiger partial charge on any atom is 0.340 e. The van der Waals surface area contributed by atoms with Gasteiger partial charge in [-0.2, -0.15) is 0 Å². The number of ether oxygens (including phenoxy) is 2. The molecule has 1 spiro atoms. The molecule has 6 aliphatic carbocycles. The fraction of sp³-hybridized carbons (Fsp3) is 0.514. The van der Waals surface area contributed by atoms with Gasteiger partial charge in [0.05, 0.1) is 23.3 Å². The van der Waals surface area contributed by atoms with Gasteiger partial charge in [0.2, 0.25) is 0 Å². The smallest absolute Gasteiger partial charge is 0.340 e. The lowest BCUT2D eigenvalue weighted by molar-refractivity contribution is -0.135. The molecule has 0 radical (unpaired) electrons. The van der Waals surface area contributed by atoms with Crippen molar-refractivity contribution < 1.29 is 29.3 Å². The van der Waals surface area contributed by atoms with Gasteiger partial charge < -0.3 is 46.3 Å². The first-order valence-electron chi connectivity index (χ1n) is 32.7. The van der Waals surface area contributed by atoms with Gasteiger partial charge in [-0.25, -0.2) is 9.59 Å². The van der Waals surface area contributed by atoms with Crippen LogP contribution < -0.4 is 26.6 Å². The minimum Gasteiger partial charge on any atom is -0.508 e. The number of piperidine rings is 1. The number of esters is 2. The highest BCUT2D eigenvalue weighted by Gasteiger charge is 2.69. The Hall–Kier alpha value is -6.10. The van der Waals surface area contributed by atoms with E-state index in [1.807, 2.05) is 19.1 Å². The van der Waals surface area contributed by atoms with E-state index in [2.05, 4.69) is 131 Å². The number of fused-ring (bicyclic) bond motifs is 8. The van der Waals surface area contributed by atoms with Gasteiger partial charge in [-0.3, -0.25) is 0 Å². The minimum absolute atomic E-state index is 0.00444. The predicted octanol–water partition coefficient (Wildman–Crippen LogP) is 11.8. The maximum absolute atomic E-state index is 15.4. The number of hydrogen-bond acceptors (Lipinski definition) is 11. The van der Waals surface area contributed by atoms with Crippen LogP contribution in [0.4, 0.5) is 0 Å². The van der Waals surface area contributed by atoms with Gasteiger partial charge in [0.1, 0.15) is 17.3 Å². The van der Waals surface area contributed by atoms with Gasteiger partial charge >= 0.3 is 11.9 Å². The number of cyclic esters (lactones) is 1. The van der Waals surface area contributed by atoms with E-state index in [0.29, 0.717) is 60.9 Å². The summed E-state index contributed by atoms with van der Waals surface area (Å²) in [5, 5.41) is 41.8. The van der Waals surface area contributed by atoms with E-state index in [0.717, 1.165) is 141 Å². The van der Waals surface area contributed by atoms with E-state index in [1.54, 1.807) is 6.07 Å². The molecule has 3 saturated carbocycles. The van der Waals surface area contributed by atoms with Crippen LogP contribution in [0, 0.1) is 64.1 Å². The highest BCUT2D eigenvalue weighted by molar-refractivity contribution is 6.07. The second-order valence-corrected chi connectivity index (χ2v) is 27.4. The molecule has 11 heteroatoms. The molecule has 0 aromatic heterocycles. The lowest BCUT2D eigenvalue weighted by Gasteiger charge is -2.56. The van der Waals surface area contributed by atoms with Crippen molar-refractivity contribution in [2.45, 2.75) is 160 Å². The SMILES string of the molecule is CCC(C=C1OC(=O)C2=C3c4cc(O)ccc4-c4cccc(c4)CNCCc4cc(cc5c4C#CCC4CCC(C4)NC5)C(NCC(C)O)C4CCC(C5CCNC(NC)C5)(CC=C5OC(=O)C6=C5CCC5C3CCC12C65)C4)Cc1ccccc1. The van der Waals surface area contributed by atoms with Crippen LogP contribution in [0.2, 0.25) is 0 Å². The third-order valence-electron chi connectivity index (χ3n) is 22.5. The number of aliphatic hydroxyl groups excluding tert-OH is 1. The highest BCUT2D eigenvalue weighted by Crippen LogP contribution is 2.72. The molecule has 0 amide bonds. The number of rotatable bonds is 9. The molecular formula is C74H87N5O6. The van der Waals surface area contributed by atoms with Crippen LogP contribution in [0.5, 0.6) is 5.75 Å². The Balaban J connectivity index is 0.933. The predicted molar refractivity (Wildman–Crippen MR) is 333 cm³/mol. The van der Waals surface area contributed by atoms with Crippen LogP contribution in [0.1, 0.15) is 155 Å². The molecule has 13 atom stereocenters. The molecule has 12 aliphatic rings. The van der Waals surface area contributed by atoms with Gasteiger partial charge in [-0.1, -0.05) is 85.5 Å². The molecule has 6 heterocycles. The summed E-state index contributed by atoms with van der Waals surface area (Å²) in [7, 11) is 2.07. The second-order valence-electron chi connectivity index (χ2n) is 27.4. The molecule has 4 aromatic rings. The van der Waals surface area contributed by atoms with Crippen molar-refractivity contribution >= 4 is 17.5 Å². The number of aliphatic hydroxyl groups is 1. The first-order valence-corrected chi connectivity index (χ1v) is 32.7. The van der Waals surface area contributed by atoms with Crippen molar-refractivity contribution in [3.63, 3.8) is 0 Å². The summed E-state index contributed by atoms with van der Waals surface area (Å²) in [6.45, 7) is 7.71. The van der Waals surface area contributed by atoms with Crippen molar-refractivity contribution in [3.05, 3.63) is 164 Å². The number of allylic oxidation sites excluding steroid dienone is 5. The van der Waals surface area contributed by atoms with Gasteiger partial charge in [0, 0.05) is 60.8 Å². The highest BCUT2D eigenvalue weighted by atomic mass is 16.6.